The molecule has 0 unspecified atom stereocenters. The maximum atomic E-state index is 5.40. The Hall–Kier alpha value is 0.190. The second kappa shape index (κ2) is 16.2. The van der Waals surface area contributed by atoms with Gasteiger partial charge >= 0.3 is 0 Å². The Morgan fingerprint density at radius 1 is 0.824 bits per heavy atom. The van der Waals surface area contributed by atoms with Crippen molar-refractivity contribution in [3.8, 4) is 0 Å². The molecule has 0 atom stereocenters. The van der Waals surface area contributed by atoms with E-state index in [9.17, 15) is 0 Å². The van der Waals surface area contributed by atoms with Crippen LogP contribution in [0.25, 0.3) is 0 Å². The summed E-state index contributed by atoms with van der Waals surface area (Å²) in [6.07, 6.45) is 2.31. The second-order valence-electron chi connectivity index (χ2n) is 3.59. The minimum Gasteiger partial charge on any atom is -0.379 e. The second-order valence-corrected chi connectivity index (χ2v) is 4.82. The standard InChI is InChI=1S/C12H27NO3S/c1-2-3-5-14-6-7-15-8-9-16-10-12-17-11-4-13/h2-13H2,1H3. The maximum Gasteiger partial charge on any atom is 0.0701 e. The van der Waals surface area contributed by atoms with Gasteiger partial charge in [-0.2, -0.15) is 11.8 Å². The zero-order valence-electron chi connectivity index (χ0n) is 11.0. The molecule has 0 heterocycles. The molecule has 0 spiro atoms. The van der Waals surface area contributed by atoms with E-state index >= 15 is 0 Å². The third-order valence-electron chi connectivity index (χ3n) is 2.02. The molecular formula is C12H27NO3S. The molecule has 0 aromatic rings. The number of hydrogen-bond donors (Lipinski definition) is 1. The molecule has 0 amide bonds. The lowest BCUT2D eigenvalue weighted by Crippen LogP contribution is -2.11. The molecule has 2 N–H and O–H groups in total. The van der Waals surface area contributed by atoms with Crippen molar-refractivity contribution in [3.05, 3.63) is 0 Å². The maximum absolute atomic E-state index is 5.40. The first-order valence-electron chi connectivity index (χ1n) is 6.42. The summed E-state index contributed by atoms with van der Waals surface area (Å²) >= 11 is 1.82. The minimum absolute atomic E-state index is 0.651. The fraction of sp³-hybridized carbons (Fsp3) is 1.00. The quantitative estimate of drug-likeness (QED) is 0.483. The molecule has 0 radical (unpaired) electrons. The summed E-state index contributed by atoms with van der Waals surface area (Å²) in [5, 5.41) is 0. The minimum atomic E-state index is 0.651. The monoisotopic (exact) mass is 265 g/mol. The Morgan fingerprint density at radius 3 is 2.00 bits per heavy atom. The molecule has 0 aliphatic carbocycles. The Bertz CT molecular complexity index is 125. The molecule has 17 heavy (non-hydrogen) atoms. The van der Waals surface area contributed by atoms with Crippen LogP contribution in [-0.2, 0) is 14.2 Å². The van der Waals surface area contributed by atoms with Crippen molar-refractivity contribution in [2.75, 3.05) is 57.7 Å². The lowest BCUT2D eigenvalue weighted by atomic mass is 10.4. The van der Waals surface area contributed by atoms with Crippen molar-refractivity contribution in [1.29, 1.82) is 0 Å². The van der Waals surface area contributed by atoms with E-state index in [-0.39, 0.29) is 0 Å². The molecule has 0 bridgehead atoms. The normalized spacial score (nSPS) is 10.9. The predicted molar refractivity (Wildman–Crippen MR) is 73.7 cm³/mol. The fourth-order valence-electron chi connectivity index (χ4n) is 1.09. The molecule has 0 rings (SSSR count). The first kappa shape index (κ1) is 17.2. The van der Waals surface area contributed by atoms with Gasteiger partial charge in [0.05, 0.1) is 33.0 Å². The van der Waals surface area contributed by atoms with Crippen molar-refractivity contribution in [1.82, 2.24) is 0 Å². The van der Waals surface area contributed by atoms with Crippen LogP contribution in [0, 0.1) is 0 Å². The summed E-state index contributed by atoms with van der Waals surface area (Å²) in [5.41, 5.74) is 5.37. The number of nitrogens with two attached hydrogens (primary N) is 1. The lowest BCUT2D eigenvalue weighted by molar-refractivity contribution is 0.0169. The van der Waals surface area contributed by atoms with Crippen LogP contribution in [0.2, 0.25) is 0 Å². The number of unbranched alkanes of at least 4 members (excludes halogenated alkanes) is 1. The third-order valence-corrected chi connectivity index (χ3v) is 3.00. The highest BCUT2D eigenvalue weighted by Gasteiger charge is 1.92. The van der Waals surface area contributed by atoms with Gasteiger partial charge in [-0.05, 0) is 6.42 Å². The van der Waals surface area contributed by atoms with Crippen LogP contribution in [0.5, 0.6) is 0 Å². The van der Waals surface area contributed by atoms with Gasteiger partial charge < -0.3 is 19.9 Å². The van der Waals surface area contributed by atoms with Gasteiger partial charge in [-0.3, -0.25) is 0 Å². The summed E-state index contributed by atoms with van der Waals surface area (Å²) in [6.45, 7) is 7.18. The van der Waals surface area contributed by atoms with E-state index in [1.54, 1.807) is 0 Å². The number of rotatable bonds is 14. The predicted octanol–water partition coefficient (Wildman–Crippen LogP) is 1.53. The average molecular weight is 265 g/mol. The molecule has 0 fully saturated rings. The molecule has 104 valence electrons. The van der Waals surface area contributed by atoms with Crippen LogP contribution in [0.3, 0.4) is 0 Å². The van der Waals surface area contributed by atoms with Gasteiger partial charge in [-0.15, -0.1) is 0 Å². The van der Waals surface area contributed by atoms with E-state index in [0.717, 1.165) is 37.7 Å². The number of thioether (sulfide) groups is 1. The highest BCUT2D eigenvalue weighted by atomic mass is 32.2. The summed E-state index contributed by atoms with van der Waals surface area (Å²) in [4.78, 5) is 0. The van der Waals surface area contributed by atoms with Crippen LogP contribution in [0.15, 0.2) is 0 Å². The highest BCUT2D eigenvalue weighted by Crippen LogP contribution is 1.96. The molecule has 4 nitrogen and oxygen atoms in total. The van der Waals surface area contributed by atoms with Crippen molar-refractivity contribution < 1.29 is 14.2 Å². The highest BCUT2D eigenvalue weighted by molar-refractivity contribution is 7.99. The molecule has 0 aromatic carbocycles. The van der Waals surface area contributed by atoms with Gasteiger partial charge in [0.25, 0.3) is 0 Å². The van der Waals surface area contributed by atoms with Crippen molar-refractivity contribution in [2.24, 2.45) is 5.73 Å². The van der Waals surface area contributed by atoms with Crippen molar-refractivity contribution in [3.63, 3.8) is 0 Å². The molecule has 0 aliphatic rings. The molecule has 0 saturated carbocycles. The van der Waals surface area contributed by atoms with Crippen LogP contribution in [-0.4, -0.2) is 57.7 Å². The Balaban J connectivity index is 2.85. The SMILES string of the molecule is CCCCOCCOCCOCCSCCN. The van der Waals surface area contributed by atoms with Crippen LogP contribution >= 0.6 is 11.8 Å². The van der Waals surface area contributed by atoms with E-state index in [4.69, 9.17) is 19.9 Å². The fourth-order valence-corrected chi connectivity index (χ4v) is 1.70. The summed E-state index contributed by atoms with van der Waals surface area (Å²) in [6, 6.07) is 0. The first-order chi connectivity index (χ1) is 8.41. The van der Waals surface area contributed by atoms with E-state index < -0.39 is 0 Å². The largest absolute Gasteiger partial charge is 0.379 e. The smallest absolute Gasteiger partial charge is 0.0701 e. The summed E-state index contributed by atoms with van der Waals surface area (Å²) in [7, 11) is 0. The molecule has 0 aliphatic heterocycles. The molecule has 5 heteroatoms. The van der Waals surface area contributed by atoms with Crippen LogP contribution in [0.1, 0.15) is 19.8 Å². The van der Waals surface area contributed by atoms with Gasteiger partial charge in [0.15, 0.2) is 0 Å². The number of ether oxygens (including phenoxy) is 3. The van der Waals surface area contributed by atoms with Crippen LogP contribution in [0.4, 0.5) is 0 Å². The van der Waals surface area contributed by atoms with E-state index in [0.29, 0.717) is 26.4 Å². The van der Waals surface area contributed by atoms with Gasteiger partial charge in [-0.25, -0.2) is 0 Å². The Kier molecular flexibility index (Phi) is 16.4. The molecular weight excluding hydrogens is 238 g/mol. The van der Waals surface area contributed by atoms with Crippen LogP contribution < -0.4 is 5.73 Å². The van der Waals surface area contributed by atoms with E-state index in [2.05, 4.69) is 6.92 Å². The number of hydrogen-bond acceptors (Lipinski definition) is 5. The third kappa shape index (κ3) is 16.2. The van der Waals surface area contributed by atoms with Gasteiger partial charge in [0, 0.05) is 24.7 Å². The van der Waals surface area contributed by atoms with Crippen molar-refractivity contribution >= 4 is 11.8 Å². The first-order valence-corrected chi connectivity index (χ1v) is 7.58. The zero-order valence-corrected chi connectivity index (χ0v) is 11.8. The lowest BCUT2D eigenvalue weighted by Gasteiger charge is -2.06. The summed E-state index contributed by atoms with van der Waals surface area (Å²) < 4.78 is 16.1. The van der Waals surface area contributed by atoms with Gasteiger partial charge in [0.1, 0.15) is 0 Å². The Morgan fingerprint density at radius 2 is 1.41 bits per heavy atom. The van der Waals surface area contributed by atoms with Gasteiger partial charge in [0.2, 0.25) is 0 Å². The summed E-state index contributed by atoms with van der Waals surface area (Å²) in [5.74, 6) is 2.02. The molecule has 0 saturated heterocycles. The van der Waals surface area contributed by atoms with Crippen molar-refractivity contribution in [2.45, 2.75) is 19.8 Å². The average Bonchev–Trinajstić information content (AvgIpc) is 2.35. The zero-order chi connectivity index (χ0) is 12.6. The van der Waals surface area contributed by atoms with E-state index in [1.165, 1.54) is 6.42 Å². The molecule has 0 aromatic heterocycles. The Labute approximate surface area is 110 Å². The van der Waals surface area contributed by atoms with E-state index in [1.807, 2.05) is 11.8 Å². The topological polar surface area (TPSA) is 53.7 Å². The van der Waals surface area contributed by atoms with Gasteiger partial charge in [-0.1, -0.05) is 13.3 Å².